The van der Waals surface area contributed by atoms with Crippen molar-refractivity contribution in [2.75, 3.05) is 31.2 Å². The molecule has 0 atom stereocenters. The van der Waals surface area contributed by atoms with Crippen LogP contribution < -0.4 is 4.90 Å². The third-order valence-electron chi connectivity index (χ3n) is 4.08. The summed E-state index contributed by atoms with van der Waals surface area (Å²) in [5.41, 5.74) is 3.01. The Morgan fingerprint density at radius 3 is 2.75 bits per heavy atom. The SMILES string of the molecule is Cc1cn2c(Cl)c(-c3cccc(O)c3)nc(N3CCOCC3)c2n1. The van der Waals surface area contributed by atoms with Gasteiger partial charge in [-0.2, -0.15) is 0 Å². The molecule has 0 unspecified atom stereocenters. The van der Waals surface area contributed by atoms with Crippen LogP contribution in [0.5, 0.6) is 5.75 Å². The van der Waals surface area contributed by atoms with Crippen LogP contribution in [0.3, 0.4) is 0 Å². The highest BCUT2D eigenvalue weighted by atomic mass is 35.5. The lowest BCUT2D eigenvalue weighted by Gasteiger charge is -2.28. The molecule has 0 aliphatic carbocycles. The third kappa shape index (κ3) is 2.57. The van der Waals surface area contributed by atoms with Crippen molar-refractivity contribution in [3.05, 3.63) is 41.3 Å². The first kappa shape index (κ1) is 15.2. The van der Waals surface area contributed by atoms with Crippen molar-refractivity contribution in [2.45, 2.75) is 6.92 Å². The van der Waals surface area contributed by atoms with Crippen LogP contribution in [0, 0.1) is 6.92 Å². The summed E-state index contributed by atoms with van der Waals surface area (Å²) in [5, 5.41) is 10.3. The first-order chi connectivity index (χ1) is 11.6. The fourth-order valence-electron chi connectivity index (χ4n) is 2.95. The van der Waals surface area contributed by atoms with Crippen LogP contribution >= 0.6 is 11.6 Å². The van der Waals surface area contributed by atoms with Crippen LogP contribution in [-0.4, -0.2) is 45.8 Å². The topological polar surface area (TPSA) is 62.9 Å². The minimum Gasteiger partial charge on any atom is -0.508 e. The van der Waals surface area contributed by atoms with Gasteiger partial charge in [-0.3, -0.25) is 4.40 Å². The Morgan fingerprint density at radius 1 is 1.21 bits per heavy atom. The van der Waals surface area contributed by atoms with Gasteiger partial charge in [0.1, 0.15) is 16.6 Å². The summed E-state index contributed by atoms with van der Waals surface area (Å²) in [4.78, 5) is 11.5. The van der Waals surface area contributed by atoms with Crippen LogP contribution in [-0.2, 0) is 4.74 Å². The average Bonchev–Trinajstić information content (AvgIpc) is 2.98. The molecule has 24 heavy (non-hydrogen) atoms. The molecule has 4 rings (SSSR count). The molecule has 7 heteroatoms. The highest BCUT2D eigenvalue weighted by Gasteiger charge is 2.21. The maximum atomic E-state index is 9.78. The van der Waals surface area contributed by atoms with Gasteiger partial charge in [0.15, 0.2) is 11.5 Å². The normalized spacial score (nSPS) is 15.2. The van der Waals surface area contributed by atoms with Gasteiger partial charge in [-0.25, -0.2) is 9.97 Å². The number of anilines is 1. The van der Waals surface area contributed by atoms with E-state index in [-0.39, 0.29) is 5.75 Å². The van der Waals surface area contributed by atoms with Crippen molar-refractivity contribution in [3.63, 3.8) is 0 Å². The van der Waals surface area contributed by atoms with Crippen LogP contribution in [0.15, 0.2) is 30.5 Å². The zero-order valence-corrected chi connectivity index (χ0v) is 14.0. The molecule has 0 bridgehead atoms. The number of phenolic OH excluding ortho intramolecular Hbond substituents is 1. The summed E-state index contributed by atoms with van der Waals surface area (Å²) in [6.07, 6.45) is 1.90. The number of nitrogens with zero attached hydrogens (tertiary/aromatic N) is 4. The van der Waals surface area contributed by atoms with Crippen LogP contribution in [0.4, 0.5) is 5.82 Å². The number of rotatable bonds is 2. The van der Waals surface area contributed by atoms with Crippen molar-refractivity contribution in [1.29, 1.82) is 0 Å². The Balaban J connectivity index is 1.95. The number of phenols is 1. The highest BCUT2D eigenvalue weighted by molar-refractivity contribution is 6.32. The summed E-state index contributed by atoms with van der Waals surface area (Å²) in [6, 6.07) is 6.94. The minimum atomic E-state index is 0.181. The van der Waals surface area contributed by atoms with Gasteiger partial charge >= 0.3 is 0 Å². The number of fused-ring (bicyclic) bond motifs is 1. The summed E-state index contributed by atoms with van der Waals surface area (Å²) < 4.78 is 7.29. The molecule has 1 N–H and O–H groups in total. The van der Waals surface area contributed by atoms with E-state index in [1.54, 1.807) is 18.2 Å². The molecule has 124 valence electrons. The van der Waals surface area contributed by atoms with Gasteiger partial charge in [0.05, 0.1) is 18.9 Å². The Kier molecular flexibility index (Phi) is 3.78. The lowest BCUT2D eigenvalue weighted by atomic mass is 10.1. The molecule has 0 amide bonds. The maximum absolute atomic E-state index is 9.78. The van der Waals surface area contributed by atoms with Crippen molar-refractivity contribution in [3.8, 4) is 17.0 Å². The number of aromatic hydroxyl groups is 1. The predicted octanol–water partition coefficient (Wildman–Crippen LogP) is 2.90. The number of ether oxygens (including phenoxy) is 1. The second kappa shape index (κ2) is 5.96. The van der Waals surface area contributed by atoms with Crippen LogP contribution in [0.25, 0.3) is 16.9 Å². The zero-order valence-electron chi connectivity index (χ0n) is 13.2. The van der Waals surface area contributed by atoms with E-state index in [0.29, 0.717) is 24.1 Å². The molecule has 0 radical (unpaired) electrons. The number of aryl methyl sites for hydroxylation is 1. The summed E-state index contributed by atoms with van der Waals surface area (Å²) in [6.45, 7) is 4.78. The quantitative estimate of drug-likeness (QED) is 0.774. The fourth-order valence-corrected chi connectivity index (χ4v) is 3.23. The third-order valence-corrected chi connectivity index (χ3v) is 4.44. The number of imidazole rings is 1. The van der Waals surface area contributed by atoms with Crippen molar-refractivity contribution in [1.82, 2.24) is 14.4 Å². The van der Waals surface area contributed by atoms with Crippen molar-refractivity contribution < 1.29 is 9.84 Å². The smallest absolute Gasteiger partial charge is 0.181 e. The predicted molar refractivity (Wildman–Crippen MR) is 92.9 cm³/mol. The van der Waals surface area contributed by atoms with E-state index in [1.807, 2.05) is 23.6 Å². The molecule has 6 nitrogen and oxygen atoms in total. The monoisotopic (exact) mass is 344 g/mol. The lowest BCUT2D eigenvalue weighted by Crippen LogP contribution is -2.37. The molecule has 1 aromatic carbocycles. The van der Waals surface area contributed by atoms with Crippen molar-refractivity contribution >= 4 is 23.1 Å². The fraction of sp³-hybridized carbons (Fsp3) is 0.294. The Morgan fingerprint density at radius 2 is 2.00 bits per heavy atom. The minimum absolute atomic E-state index is 0.181. The number of hydrogen-bond acceptors (Lipinski definition) is 5. The number of hydrogen-bond donors (Lipinski definition) is 1. The zero-order chi connectivity index (χ0) is 16.7. The number of aromatic nitrogens is 3. The second-order valence-corrected chi connectivity index (χ2v) is 6.16. The summed E-state index contributed by atoms with van der Waals surface area (Å²) >= 11 is 6.59. The molecule has 1 aliphatic heterocycles. The van der Waals surface area contributed by atoms with E-state index in [2.05, 4.69) is 9.88 Å². The summed E-state index contributed by atoms with van der Waals surface area (Å²) in [5.74, 6) is 0.967. The molecule has 3 aromatic rings. The van der Waals surface area contributed by atoms with Gasteiger partial charge in [0.25, 0.3) is 0 Å². The number of morpholine rings is 1. The largest absolute Gasteiger partial charge is 0.508 e. The first-order valence-electron chi connectivity index (χ1n) is 7.81. The van der Waals surface area contributed by atoms with E-state index in [4.69, 9.17) is 21.3 Å². The van der Waals surface area contributed by atoms with E-state index < -0.39 is 0 Å². The van der Waals surface area contributed by atoms with Gasteiger partial charge in [0, 0.05) is 24.8 Å². The lowest BCUT2D eigenvalue weighted by molar-refractivity contribution is 0.122. The van der Waals surface area contributed by atoms with Crippen LogP contribution in [0.1, 0.15) is 5.69 Å². The standard InChI is InChI=1S/C17H17ClN4O2/c1-11-10-22-15(18)14(12-3-2-4-13(23)9-12)20-16(17(22)19-11)21-5-7-24-8-6-21/h2-4,9-10,23H,5-8H2,1H3. The highest BCUT2D eigenvalue weighted by Crippen LogP contribution is 2.33. The first-order valence-corrected chi connectivity index (χ1v) is 8.18. The summed E-state index contributed by atoms with van der Waals surface area (Å²) in [7, 11) is 0. The molecular weight excluding hydrogens is 328 g/mol. The van der Waals surface area contributed by atoms with E-state index >= 15 is 0 Å². The van der Waals surface area contributed by atoms with Gasteiger partial charge in [-0.05, 0) is 19.1 Å². The van der Waals surface area contributed by atoms with Gasteiger partial charge < -0.3 is 14.7 Å². The Bertz CT molecular complexity index is 903. The van der Waals surface area contributed by atoms with Crippen LogP contribution in [0.2, 0.25) is 5.15 Å². The Hall–Kier alpha value is -2.31. The van der Waals surface area contributed by atoms with E-state index in [0.717, 1.165) is 35.8 Å². The molecule has 0 saturated carbocycles. The van der Waals surface area contributed by atoms with Crippen molar-refractivity contribution in [2.24, 2.45) is 0 Å². The molecule has 1 aliphatic rings. The maximum Gasteiger partial charge on any atom is 0.181 e. The molecular formula is C17H17ClN4O2. The van der Waals surface area contributed by atoms with Gasteiger partial charge in [0.2, 0.25) is 0 Å². The molecule has 0 spiro atoms. The van der Waals surface area contributed by atoms with Gasteiger partial charge in [-0.15, -0.1) is 0 Å². The number of halogens is 1. The van der Waals surface area contributed by atoms with E-state index in [9.17, 15) is 5.11 Å². The molecule has 1 fully saturated rings. The number of benzene rings is 1. The molecule has 2 aromatic heterocycles. The average molecular weight is 345 g/mol. The molecule has 3 heterocycles. The second-order valence-electron chi connectivity index (χ2n) is 5.80. The molecule has 1 saturated heterocycles. The Labute approximate surface area is 144 Å². The van der Waals surface area contributed by atoms with Gasteiger partial charge in [-0.1, -0.05) is 23.7 Å². The van der Waals surface area contributed by atoms with E-state index in [1.165, 1.54) is 0 Å².